The van der Waals surface area contributed by atoms with E-state index >= 15 is 0 Å². The van der Waals surface area contributed by atoms with Crippen molar-refractivity contribution in [2.75, 3.05) is 19.7 Å². The Morgan fingerprint density at radius 2 is 2.32 bits per heavy atom. The van der Waals surface area contributed by atoms with Crippen LogP contribution in [0.15, 0.2) is 18.2 Å². The first-order valence-corrected chi connectivity index (χ1v) is 6.96. The fraction of sp³-hybridized carbons (Fsp3) is 0.533. The lowest BCUT2D eigenvalue weighted by Crippen LogP contribution is -2.28. The molecule has 1 aromatic rings. The second kappa shape index (κ2) is 6.57. The van der Waals surface area contributed by atoms with Crippen LogP contribution in [0.3, 0.4) is 0 Å². The molecule has 0 saturated carbocycles. The summed E-state index contributed by atoms with van der Waals surface area (Å²) in [5.41, 5.74) is 2.54. The molecule has 1 aliphatic rings. The monoisotopic (exact) mass is 262 g/mol. The fourth-order valence-electron chi connectivity index (χ4n) is 2.28. The molecule has 0 aromatic heterocycles. The molecule has 0 radical (unpaired) electrons. The summed E-state index contributed by atoms with van der Waals surface area (Å²) >= 11 is 0. The van der Waals surface area contributed by atoms with E-state index in [-0.39, 0.29) is 11.9 Å². The number of carbonyl (C=O) groups excluding carboxylic acids is 1. The predicted molar refractivity (Wildman–Crippen MR) is 75.4 cm³/mol. The summed E-state index contributed by atoms with van der Waals surface area (Å²) in [4.78, 5) is 11.3. The van der Waals surface area contributed by atoms with E-state index in [1.54, 1.807) is 0 Å². The molecule has 4 nitrogen and oxygen atoms in total. The smallest absolute Gasteiger partial charge is 0.221 e. The van der Waals surface area contributed by atoms with Crippen molar-refractivity contribution >= 4 is 5.91 Å². The normalized spacial score (nSPS) is 14.6. The molecule has 0 fully saturated rings. The molecular weight excluding hydrogens is 240 g/mol. The second-order valence-electron chi connectivity index (χ2n) is 4.84. The maximum atomic E-state index is 11.3. The predicted octanol–water partition coefficient (Wildman–Crippen LogP) is 1.80. The molecule has 2 N–H and O–H groups in total. The van der Waals surface area contributed by atoms with Crippen molar-refractivity contribution in [2.24, 2.45) is 0 Å². The van der Waals surface area contributed by atoms with Crippen LogP contribution in [0.5, 0.6) is 5.75 Å². The molecule has 1 heterocycles. The van der Waals surface area contributed by atoms with Gasteiger partial charge in [-0.3, -0.25) is 4.79 Å². The summed E-state index contributed by atoms with van der Waals surface area (Å²) in [6.45, 7) is 6.23. The number of rotatable bonds is 6. The second-order valence-corrected chi connectivity index (χ2v) is 4.84. The van der Waals surface area contributed by atoms with Crippen LogP contribution in [0.4, 0.5) is 0 Å². The molecule has 0 spiro atoms. The molecule has 1 aliphatic heterocycles. The van der Waals surface area contributed by atoms with E-state index in [9.17, 15) is 4.79 Å². The van der Waals surface area contributed by atoms with Crippen LogP contribution < -0.4 is 15.4 Å². The lowest BCUT2D eigenvalue weighted by molar-refractivity contribution is -0.120. The van der Waals surface area contributed by atoms with Gasteiger partial charge in [-0.15, -0.1) is 0 Å². The number of ether oxygens (including phenoxy) is 1. The van der Waals surface area contributed by atoms with Crippen LogP contribution in [0.2, 0.25) is 0 Å². The summed E-state index contributed by atoms with van der Waals surface area (Å²) in [6.07, 6.45) is 1.51. The van der Waals surface area contributed by atoms with Gasteiger partial charge in [-0.05, 0) is 31.0 Å². The Bertz CT molecular complexity index is 446. The van der Waals surface area contributed by atoms with E-state index in [2.05, 4.69) is 29.7 Å². The summed E-state index contributed by atoms with van der Waals surface area (Å²) < 4.78 is 5.50. The highest BCUT2D eigenvalue weighted by Crippen LogP contribution is 2.27. The zero-order valence-electron chi connectivity index (χ0n) is 11.7. The Labute approximate surface area is 114 Å². The first kappa shape index (κ1) is 13.9. The Hall–Kier alpha value is -1.55. The maximum Gasteiger partial charge on any atom is 0.221 e. The van der Waals surface area contributed by atoms with Crippen molar-refractivity contribution in [3.63, 3.8) is 0 Å². The molecule has 1 aromatic carbocycles. The van der Waals surface area contributed by atoms with Gasteiger partial charge in [0.15, 0.2) is 0 Å². The molecule has 1 unspecified atom stereocenters. The molecule has 0 aliphatic carbocycles. The lowest BCUT2D eigenvalue weighted by atomic mass is 10.0. The summed E-state index contributed by atoms with van der Waals surface area (Å²) in [7, 11) is 0. The minimum Gasteiger partial charge on any atom is -0.493 e. The van der Waals surface area contributed by atoms with E-state index in [4.69, 9.17) is 4.74 Å². The third-order valence-electron chi connectivity index (χ3n) is 3.39. The van der Waals surface area contributed by atoms with Crippen LogP contribution in [0.25, 0.3) is 0 Å². The molecular formula is C15H22N2O2. The maximum absolute atomic E-state index is 11.3. The summed E-state index contributed by atoms with van der Waals surface area (Å²) in [6, 6.07) is 6.58. The van der Waals surface area contributed by atoms with Crippen molar-refractivity contribution < 1.29 is 9.53 Å². The molecule has 0 saturated heterocycles. The van der Waals surface area contributed by atoms with Crippen molar-refractivity contribution in [1.29, 1.82) is 0 Å². The van der Waals surface area contributed by atoms with E-state index < -0.39 is 0 Å². The van der Waals surface area contributed by atoms with E-state index in [0.717, 1.165) is 18.8 Å². The quantitative estimate of drug-likeness (QED) is 0.822. The lowest BCUT2D eigenvalue weighted by Gasteiger charge is -2.15. The number of amides is 1. The minimum atomic E-state index is 0.101. The topological polar surface area (TPSA) is 50.4 Å². The molecule has 19 heavy (non-hydrogen) atoms. The van der Waals surface area contributed by atoms with Crippen LogP contribution >= 0.6 is 0 Å². The Morgan fingerprint density at radius 1 is 1.47 bits per heavy atom. The van der Waals surface area contributed by atoms with Gasteiger partial charge in [0.2, 0.25) is 5.91 Å². The highest BCUT2D eigenvalue weighted by molar-refractivity contribution is 5.75. The highest BCUT2D eigenvalue weighted by atomic mass is 16.5. The summed E-state index contributed by atoms with van der Waals surface area (Å²) in [5, 5.41) is 6.18. The minimum absolute atomic E-state index is 0.101. The van der Waals surface area contributed by atoms with Crippen molar-refractivity contribution in [2.45, 2.75) is 32.7 Å². The number of benzene rings is 1. The number of hydrogen-bond acceptors (Lipinski definition) is 3. The van der Waals surface area contributed by atoms with Gasteiger partial charge in [0.1, 0.15) is 5.75 Å². The van der Waals surface area contributed by atoms with Gasteiger partial charge >= 0.3 is 0 Å². The van der Waals surface area contributed by atoms with Gasteiger partial charge in [0.05, 0.1) is 6.61 Å². The zero-order valence-corrected chi connectivity index (χ0v) is 11.7. The van der Waals surface area contributed by atoms with Gasteiger partial charge in [-0.2, -0.15) is 0 Å². The first-order valence-electron chi connectivity index (χ1n) is 6.96. The number of fused-ring (bicyclic) bond motifs is 1. The van der Waals surface area contributed by atoms with Crippen LogP contribution in [-0.4, -0.2) is 25.6 Å². The van der Waals surface area contributed by atoms with Gasteiger partial charge in [0, 0.05) is 32.0 Å². The van der Waals surface area contributed by atoms with Crippen molar-refractivity contribution in [3.05, 3.63) is 29.3 Å². The molecule has 0 bridgehead atoms. The average Bonchev–Trinajstić information content (AvgIpc) is 2.86. The standard InChI is InChI=1S/C15H22N2O2/c1-3-16-15(18)6-8-17-11(2)12-4-5-14-13(10-12)7-9-19-14/h4-5,10-11,17H,3,6-9H2,1-2H3,(H,16,18). The number of hydrogen-bond donors (Lipinski definition) is 2. The van der Waals surface area contributed by atoms with Gasteiger partial charge < -0.3 is 15.4 Å². The molecule has 2 rings (SSSR count). The SMILES string of the molecule is CCNC(=O)CCNC(C)c1ccc2c(c1)CCO2. The highest BCUT2D eigenvalue weighted by Gasteiger charge is 2.14. The third-order valence-corrected chi connectivity index (χ3v) is 3.39. The van der Waals surface area contributed by atoms with Crippen molar-refractivity contribution in [3.8, 4) is 5.75 Å². The third kappa shape index (κ3) is 3.70. The number of nitrogens with one attached hydrogen (secondary N) is 2. The Morgan fingerprint density at radius 3 is 3.11 bits per heavy atom. The molecule has 1 atom stereocenters. The fourth-order valence-corrected chi connectivity index (χ4v) is 2.28. The summed E-state index contributed by atoms with van der Waals surface area (Å²) in [5.74, 6) is 1.11. The largest absolute Gasteiger partial charge is 0.493 e. The molecule has 104 valence electrons. The average molecular weight is 262 g/mol. The Kier molecular flexibility index (Phi) is 4.80. The first-order chi connectivity index (χ1) is 9.20. The van der Waals surface area contributed by atoms with Crippen LogP contribution in [0.1, 0.15) is 37.4 Å². The van der Waals surface area contributed by atoms with Crippen LogP contribution in [0, 0.1) is 0 Å². The van der Waals surface area contributed by atoms with E-state index in [0.29, 0.717) is 19.5 Å². The van der Waals surface area contributed by atoms with E-state index in [1.807, 2.05) is 13.0 Å². The van der Waals surface area contributed by atoms with E-state index in [1.165, 1.54) is 11.1 Å². The van der Waals surface area contributed by atoms with Gasteiger partial charge in [-0.1, -0.05) is 12.1 Å². The van der Waals surface area contributed by atoms with Gasteiger partial charge in [-0.25, -0.2) is 0 Å². The zero-order chi connectivity index (χ0) is 13.7. The van der Waals surface area contributed by atoms with Gasteiger partial charge in [0.25, 0.3) is 0 Å². The van der Waals surface area contributed by atoms with Crippen LogP contribution in [-0.2, 0) is 11.2 Å². The van der Waals surface area contributed by atoms with Crippen molar-refractivity contribution in [1.82, 2.24) is 10.6 Å². The molecule has 1 amide bonds. The Balaban J connectivity index is 1.83. The number of carbonyl (C=O) groups is 1. The molecule has 4 heteroatoms.